The van der Waals surface area contributed by atoms with Crippen molar-refractivity contribution in [2.75, 3.05) is 33.3 Å². The van der Waals surface area contributed by atoms with Gasteiger partial charge in [-0.1, -0.05) is 0 Å². The topological polar surface area (TPSA) is 86.5 Å². The Kier molecular flexibility index (Phi) is 4.14. The van der Waals surface area contributed by atoms with E-state index in [0.717, 1.165) is 13.0 Å². The van der Waals surface area contributed by atoms with E-state index in [9.17, 15) is 8.42 Å². The molecule has 1 aromatic heterocycles. The van der Waals surface area contributed by atoms with Gasteiger partial charge in [0.05, 0.1) is 18.8 Å². The lowest BCUT2D eigenvalue weighted by atomic mass is 10.0. The molecule has 0 saturated carbocycles. The highest BCUT2D eigenvalue weighted by molar-refractivity contribution is 7.89. The Bertz CT molecular complexity index is 700. The van der Waals surface area contributed by atoms with Gasteiger partial charge < -0.3 is 9.64 Å². The fraction of sp³-hybridized carbons (Fsp3) is 0.571. The number of aromatic nitrogens is 1. The maximum Gasteiger partial charge on any atom is 0.246 e. The monoisotopic (exact) mass is 322 g/mol. The van der Waals surface area contributed by atoms with Crippen LogP contribution in [-0.4, -0.2) is 68.0 Å². The number of morpholine rings is 1. The molecule has 0 N–H and O–H groups in total. The zero-order valence-electron chi connectivity index (χ0n) is 12.3. The molecular weight excluding hydrogens is 304 g/mol. The van der Waals surface area contributed by atoms with Crippen LogP contribution in [0.5, 0.6) is 0 Å². The van der Waals surface area contributed by atoms with Crippen LogP contribution in [0.2, 0.25) is 0 Å². The van der Waals surface area contributed by atoms with Crippen molar-refractivity contribution in [3.8, 4) is 6.07 Å². The minimum atomic E-state index is -3.76. The zero-order valence-corrected chi connectivity index (χ0v) is 13.2. The van der Waals surface area contributed by atoms with Gasteiger partial charge in [-0.15, -0.1) is 0 Å². The average molecular weight is 322 g/mol. The third kappa shape index (κ3) is 2.61. The molecule has 3 heterocycles. The van der Waals surface area contributed by atoms with Crippen molar-refractivity contribution in [1.82, 2.24) is 14.2 Å². The minimum Gasteiger partial charge on any atom is -0.375 e. The Hall–Kier alpha value is -1.53. The number of pyridine rings is 1. The fourth-order valence-corrected chi connectivity index (χ4v) is 4.83. The molecule has 0 bridgehead atoms. The number of rotatable bonds is 2. The van der Waals surface area contributed by atoms with Crippen LogP contribution in [0.25, 0.3) is 0 Å². The van der Waals surface area contributed by atoms with Crippen LogP contribution < -0.4 is 0 Å². The normalized spacial score (nSPS) is 27.1. The molecule has 0 amide bonds. The second-order valence-electron chi connectivity index (χ2n) is 5.61. The van der Waals surface area contributed by atoms with Crippen LogP contribution in [0.1, 0.15) is 12.1 Å². The quantitative estimate of drug-likeness (QED) is 0.764. The first kappa shape index (κ1) is 15.4. The van der Waals surface area contributed by atoms with Crippen molar-refractivity contribution < 1.29 is 13.2 Å². The van der Waals surface area contributed by atoms with Gasteiger partial charge in [-0.2, -0.15) is 9.57 Å². The van der Waals surface area contributed by atoms with E-state index in [1.165, 1.54) is 16.6 Å². The molecule has 0 aromatic carbocycles. The molecule has 118 valence electrons. The predicted octanol–water partition coefficient (Wildman–Crippen LogP) is 0.0469. The highest BCUT2D eigenvalue weighted by Gasteiger charge is 2.42. The molecule has 2 aliphatic rings. The number of hydrogen-bond donors (Lipinski definition) is 0. The molecule has 7 nitrogen and oxygen atoms in total. The molecule has 0 spiro atoms. The Labute approximate surface area is 130 Å². The van der Waals surface area contributed by atoms with Crippen molar-refractivity contribution >= 4 is 10.0 Å². The fourth-order valence-electron chi connectivity index (χ4n) is 3.11. The summed E-state index contributed by atoms with van der Waals surface area (Å²) >= 11 is 0. The Balaban J connectivity index is 1.99. The summed E-state index contributed by atoms with van der Waals surface area (Å²) in [6.45, 7) is 2.21. The van der Waals surface area contributed by atoms with Crippen molar-refractivity contribution in [3.05, 3.63) is 24.0 Å². The first-order chi connectivity index (χ1) is 10.5. The Morgan fingerprint density at radius 1 is 1.45 bits per heavy atom. The molecule has 0 radical (unpaired) electrons. The molecule has 3 rings (SSSR count). The first-order valence-corrected chi connectivity index (χ1v) is 8.65. The second-order valence-corrected chi connectivity index (χ2v) is 7.46. The molecule has 22 heavy (non-hydrogen) atoms. The maximum atomic E-state index is 13.0. The number of nitriles is 1. The Morgan fingerprint density at radius 3 is 3.05 bits per heavy atom. The molecule has 8 heteroatoms. The van der Waals surface area contributed by atoms with Gasteiger partial charge in [-0.05, 0) is 25.6 Å². The van der Waals surface area contributed by atoms with Crippen molar-refractivity contribution in [2.24, 2.45) is 0 Å². The van der Waals surface area contributed by atoms with Crippen LogP contribution in [0.4, 0.5) is 0 Å². The van der Waals surface area contributed by atoms with E-state index < -0.39 is 10.0 Å². The standard InChI is InChI=1S/C14H18N4O3S/c1-17-6-4-13-12(10-17)18(7-8-21-13)22(19,20)14-3-2-5-16-11(14)9-15/h2-3,5,12-13H,4,6-8,10H2,1H3/t12-,13-/m1/s1. The minimum absolute atomic E-state index is 0.0219. The number of piperidine rings is 1. The summed E-state index contributed by atoms with van der Waals surface area (Å²) in [6, 6.07) is 4.63. The van der Waals surface area contributed by atoms with E-state index >= 15 is 0 Å². The first-order valence-electron chi connectivity index (χ1n) is 7.21. The van der Waals surface area contributed by atoms with Gasteiger partial charge in [0.2, 0.25) is 10.0 Å². The molecule has 2 atom stereocenters. The highest BCUT2D eigenvalue weighted by Crippen LogP contribution is 2.28. The van der Waals surface area contributed by atoms with Gasteiger partial charge in [0, 0.05) is 25.8 Å². The number of likely N-dealkylation sites (N-methyl/N-ethyl adjacent to an activating group) is 1. The zero-order chi connectivity index (χ0) is 15.7. The van der Waals surface area contributed by atoms with Crippen LogP contribution in [0.15, 0.2) is 23.2 Å². The number of sulfonamides is 1. The number of ether oxygens (including phenoxy) is 1. The van der Waals surface area contributed by atoms with Crippen molar-refractivity contribution in [1.29, 1.82) is 5.26 Å². The molecule has 2 saturated heterocycles. The third-order valence-corrected chi connectivity index (χ3v) is 6.16. The van der Waals surface area contributed by atoms with E-state index in [1.54, 1.807) is 6.07 Å². The number of hydrogen-bond acceptors (Lipinski definition) is 6. The average Bonchev–Trinajstić information content (AvgIpc) is 2.54. The third-order valence-electron chi connectivity index (χ3n) is 4.20. The van der Waals surface area contributed by atoms with E-state index in [-0.39, 0.29) is 22.7 Å². The number of nitrogens with zero attached hydrogens (tertiary/aromatic N) is 4. The van der Waals surface area contributed by atoms with Gasteiger partial charge in [-0.25, -0.2) is 13.4 Å². The van der Waals surface area contributed by atoms with Gasteiger partial charge in [0.15, 0.2) is 5.69 Å². The van der Waals surface area contributed by atoms with Crippen LogP contribution in [-0.2, 0) is 14.8 Å². The van der Waals surface area contributed by atoms with E-state index in [2.05, 4.69) is 9.88 Å². The van der Waals surface area contributed by atoms with E-state index in [0.29, 0.717) is 19.7 Å². The molecular formula is C14H18N4O3S. The summed E-state index contributed by atoms with van der Waals surface area (Å²) in [5.74, 6) is 0. The summed E-state index contributed by atoms with van der Waals surface area (Å²) in [4.78, 5) is 5.95. The van der Waals surface area contributed by atoms with Crippen molar-refractivity contribution in [3.63, 3.8) is 0 Å². The lowest BCUT2D eigenvalue weighted by Gasteiger charge is -2.45. The summed E-state index contributed by atoms with van der Waals surface area (Å²) in [6.07, 6.45) is 2.15. The van der Waals surface area contributed by atoms with Gasteiger partial charge in [0.25, 0.3) is 0 Å². The summed E-state index contributed by atoms with van der Waals surface area (Å²) < 4.78 is 33.2. The number of fused-ring (bicyclic) bond motifs is 1. The maximum absolute atomic E-state index is 13.0. The molecule has 2 fully saturated rings. The SMILES string of the molecule is CN1CC[C@H]2OCCN(S(=O)(=O)c3cccnc3C#N)[C@@H]2C1. The molecule has 0 unspecified atom stereocenters. The molecule has 1 aromatic rings. The van der Waals surface area contributed by atoms with Gasteiger partial charge >= 0.3 is 0 Å². The summed E-state index contributed by atoms with van der Waals surface area (Å²) in [5.41, 5.74) is -0.0605. The lowest BCUT2D eigenvalue weighted by molar-refractivity contribution is -0.0719. The predicted molar refractivity (Wildman–Crippen MR) is 78.5 cm³/mol. The molecule has 2 aliphatic heterocycles. The number of likely N-dealkylation sites (tertiary alicyclic amines) is 1. The second kappa shape index (κ2) is 5.93. The lowest BCUT2D eigenvalue weighted by Crippen LogP contribution is -2.60. The van der Waals surface area contributed by atoms with Crippen LogP contribution in [0, 0.1) is 11.3 Å². The van der Waals surface area contributed by atoms with Crippen LogP contribution >= 0.6 is 0 Å². The van der Waals surface area contributed by atoms with E-state index in [1.807, 2.05) is 13.1 Å². The van der Waals surface area contributed by atoms with Crippen molar-refractivity contribution in [2.45, 2.75) is 23.5 Å². The van der Waals surface area contributed by atoms with Crippen LogP contribution in [0.3, 0.4) is 0 Å². The highest BCUT2D eigenvalue weighted by atomic mass is 32.2. The smallest absolute Gasteiger partial charge is 0.246 e. The Morgan fingerprint density at radius 2 is 2.27 bits per heavy atom. The molecule has 0 aliphatic carbocycles. The van der Waals surface area contributed by atoms with Gasteiger partial charge in [-0.3, -0.25) is 0 Å². The van der Waals surface area contributed by atoms with Gasteiger partial charge in [0.1, 0.15) is 11.0 Å². The largest absolute Gasteiger partial charge is 0.375 e. The van der Waals surface area contributed by atoms with E-state index in [4.69, 9.17) is 10.00 Å². The summed E-state index contributed by atoms with van der Waals surface area (Å²) in [7, 11) is -1.78. The summed E-state index contributed by atoms with van der Waals surface area (Å²) in [5, 5.41) is 9.13.